The number of benzene rings is 1. The van der Waals surface area contributed by atoms with Crippen molar-refractivity contribution in [2.24, 2.45) is 5.92 Å². The van der Waals surface area contributed by atoms with E-state index in [1.807, 2.05) is 4.90 Å². The molecule has 26 heavy (non-hydrogen) atoms. The number of hydrogen-bond donors (Lipinski definition) is 2. The smallest absolute Gasteiger partial charge is 0.277 e. The van der Waals surface area contributed by atoms with Crippen LogP contribution in [0.15, 0.2) is 36.0 Å². The van der Waals surface area contributed by atoms with E-state index >= 15 is 0 Å². The predicted molar refractivity (Wildman–Crippen MR) is 96.3 cm³/mol. The van der Waals surface area contributed by atoms with E-state index in [4.69, 9.17) is 5.11 Å². The quantitative estimate of drug-likeness (QED) is 0.774. The Bertz CT molecular complexity index is 751. The molecule has 2 N–H and O–H groups in total. The normalized spacial score (nSPS) is 18.3. The van der Waals surface area contributed by atoms with Crippen molar-refractivity contribution in [3.63, 3.8) is 0 Å². The molecule has 1 saturated heterocycles. The molecule has 0 atom stereocenters. The van der Waals surface area contributed by atoms with Crippen LogP contribution in [-0.4, -0.2) is 58.9 Å². The van der Waals surface area contributed by atoms with Gasteiger partial charge >= 0.3 is 0 Å². The molecule has 0 radical (unpaired) electrons. The number of piperidine rings is 1. The van der Waals surface area contributed by atoms with E-state index in [0.29, 0.717) is 17.2 Å². The molecular weight excluding hydrogens is 334 g/mol. The van der Waals surface area contributed by atoms with Crippen molar-refractivity contribution in [1.29, 1.82) is 0 Å². The van der Waals surface area contributed by atoms with Gasteiger partial charge in [-0.25, -0.2) is 0 Å². The van der Waals surface area contributed by atoms with Crippen LogP contribution in [0, 0.1) is 5.92 Å². The van der Waals surface area contributed by atoms with Crippen molar-refractivity contribution in [1.82, 2.24) is 9.80 Å². The summed E-state index contributed by atoms with van der Waals surface area (Å²) in [5, 5.41) is 11.9. The number of aliphatic hydroxyl groups excluding tert-OH is 1. The van der Waals surface area contributed by atoms with Crippen LogP contribution in [0.5, 0.6) is 0 Å². The third-order valence-electron chi connectivity index (χ3n) is 4.79. The zero-order chi connectivity index (χ0) is 18.7. The number of carbonyl (C=O) groups excluding carboxylic acids is 3. The Hall–Kier alpha value is -2.67. The highest BCUT2D eigenvalue weighted by Crippen LogP contribution is 2.21. The molecule has 1 aromatic carbocycles. The number of anilines is 1. The second-order valence-electron chi connectivity index (χ2n) is 6.76. The van der Waals surface area contributed by atoms with E-state index in [1.165, 1.54) is 6.08 Å². The SMILES string of the molecule is CC1CCN(C(=O)c2cccc(NC3=CC(=O)N(CCO)C3=O)c2)CC1. The molecule has 2 aliphatic rings. The van der Waals surface area contributed by atoms with Gasteiger partial charge in [0.1, 0.15) is 5.70 Å². The Kier molecular flexibility index (Phi) is 5.37. The van der Waals surface area contributed by atoms with Crippen LogP contribution in [-0.2, 0) is 9.59 Å². The molecule has 3 amide bonds. The minimum absolute atomic E-state index is 0.0229. The fourth-order valence-electron chi connectivity index (χ4n) is 3.19. The van der Waals surface area contributed by atoms with Crippen LogP contribution < -0.4 is 5.32 Å². The van der Waals surface area contributed by atoms with Crippen molar-refractivity contribution in [3.05, 3.63) is 41.6 Å². The van der Waals surface area contributed by atoms with Gasteiger partial charge in [-0.05, 0) is 37.0 Å². The first-order valence-corrected chi connectivity index (χ1v) is 8.84. The number of likely N-dealkylation sites (tertiary alicyclic amines) is 1. The summed E-state index contributed by atoms with van der Waals surface area (Å²) < 4.78 is 0. The van der Waals surface area contributed by atoms with Crippen LogP contribution >= 0.6 is 0 Å². The van der Waals surface area contributed by atoms with Crippen molar-refractivity contribution in [2.45, 2.75) is 19.8 Å². The van der Waals surface area contributed by atoms with E-state index < -0.39 is 11.8 Å². The summed E-state index contributed by atoms with van der Waals surface area (Å²) in [4.78, 5) is 39.5. The Morgan fingerprint density at radius 2 is 2.00 bits per heavy atom. The Morgan fingerprint density at radius 3 is 2.69 bits per heavy atom. The topological polar surface area (TPSA) is 90.0 Å². The summed E-state index contributed by atoms with van der Waals surface area (Å²) >= 11 is 0. The van der Waals surface area contributed by atoms with Gasteiger partial charge in [0.15, 0.2) is 0 Å². The lowest BCUT2D eigenvalue weighted by molar-refractivity contribution is -0.137. The molecule has 1 aromatic rings. The maximum Gasteiger partial charge on any atom is 0.277 e. The number of amides is 3. The van der Waals surface area contributed by atoms with E-state index in [1.54, 1.807) is 24.3 Å². The molecule has 0 bridgehead atoms. The summed E-state index contributed by atoms with van der Waals surface area (Å²) in [6.07, 6.45) is 3.22. The molecule has 0 spiro atoms. The molecule has 2 aliphatic heterocycles. The number of hydrogen-bond acceptors (Lipinski definition) is 5. The Balaban J connectivity index is 1.70. The summed E-state index contributed by atoms with van der Waals surface area (Å²) in [5.41, 5.74) is 1.26. The van der Waals surface area contributed by atoms with Crippen molar-refractivity contribution < 1.29 is 19.5 Å². The maximum atomic E-state index is 12.7. The van der Waals surface area contributed by atoms with Gasteiger partial charge in [-0.15, -0.1) is 0 Å². The van der Waals surface area contributed by atoms with Gasteiger partial charge in [-0.3, -0.25) is 19.3 Å². The van der Waals surface area contributed by atoms with Crippen molar-refractivity contribution in [2.75, 3.05) is 31.6 Å². The van der Waals surface area contributed by atoms with Gasteiger partial charge in [0, 0.05) is 30.4 Å². The monoisotopic (exact) mass is 357 g/mol. The lowest BCUT2D eigenvalue weighted by atomic mass is 9.98. The number of aliphatic hydroxyl groups is 1. The van der Waals surface area contributed by atoms with Gasteiger partial charge in [0.2, 0.25) is 0 Å². The third kappa shape index (κ3) is 3.77. The second-order valence-corrected chi connectivity index (χ2v) is 6.76. The molecule has 1 fully saturated rings. The molecule has 0 aromatic heterocycles. The molecule has 2 heterocycles. The van der Waals surface area contributed by atoms with E-state index in [9.17, 15) is 14.4 Å². The van der Waals surface area contributed by atoms with Gasteiger partial charge in [-0.1, -0.05) is 13.0 Å². The lowest BCUT2D eigenvalue weighted by Crippen LogP contribution is -2.37. The van der Waals surface area contributed by atoms with Crippen LogP contribution in [0.2, 0.25) is 0 Å². The molecular formula is C19H23N3O4. The first kappa shape index (κ1) is 18.1. The van der Waals surface area contributed by atoms with Crippen LogP contribution in [0.25, 0.3) is 0 Å². The zero-order valence-electron chi connectivity index (χ0n) is 14.8. The first-order valence-electron chi connectivity index (χ1n) is 8.84. The number of rotatable bonds is 5. The van der Waals surface area contributed by atoms with Crippen molar-refractivity contribution >= 4 is 23.4 Å². The highest BCUT2D eigenvalue weighted by atomic mass is 16.3. The Morgan fingerprint density at radius 1 is 1.27 bits per heavy atom. The average molecular weight is 357 g/mol. The number of carbonyl (C=O) groups is 3. The molecule has 0 unspecified atom stereocenters. The molecule has 0 aliphatic carbocycles. The summed E-state index contributed by atoms with van der Waals surface area (Å²) in [6, 6.07) is 6.92. The van der Waals surface area contributed by atoms with Crippen LogP contribution in [0.4, 0.5) is 5.69 Å². The second kappa shape index (κ2) is 7.70. The lowest BCUT2D eigenvalue weighted by Gasteiger charge is -2.30. The molecule has 7 heteroatoms. The van der Waals surface area contributed by atoms with Gasteiger partial charge in [0.05, 0.1) is 13.2 Å². The highest BCUT2D eigenvalue weighted by Gasteiger charge is 2.30. The summed E-state index contributed by atoms with van der Waals surface area (Å²) in [5.74, 6) is -0.316. The highest BCUT2D eigenvalue weighted by molar-refractivity contribution is 6.17. The number of nitrogens with zero attached hydrogens (tertiary/aromatic N) is 2. The number of imide groups is 1. The fourth-order valence-corrected chi connectivity index (χ4v) is 3.19. The maximum absolute atomic E-state index is 12.7. The summed E-state index contributed by atoms with van der Waals surface area (Å²) in [7, 11) is 0. The molecule has 7 nitrogen and oxygen atoms in total. The predicted octanol–water partition coefficient (Wildman–Crippen LogP) is 1.22. The molecule has 0 saturated carbocycles. The van der Waals surface area contributed by atoms with Crippen LogP contribution in [0.1, 0.15) is 30.1 Å². The summed E-state index contributed by atoms with van der Waals surface area (Å²) in [6.45, 7) is 3.39. The minimum Gasteiger partial charge on any atom is -0.395 e. The number of nitrogens with one attached hydrogen (secondary N) is 1. The first-order chi connectivity index (χ1) is 12.5. The largest absolute Gasteiger partial charge is 0.395 e. The fraction of sp³-hybridized carbons (Fsp3) is 0.421. The standard InChI is InChI=1S/C19H23N3O4/c1-13-5-7-21(8-6-13)18(25)14-3-2-4-15(11-14)20-16-12-17(24)22(9-10-23)19(16)26/h2-4,11-13,20,23H,5-10H2,1H3. The van der Waals surface area contributed by atoms with E-state index in [0.717, 1.165) is 30.8 Å². The van der Waals surface area contributed by atoms with E-state index in [-0.39, 0.29) is 24.8 Å². The van der Waals surface area contributed by atoms with Crippen molar-refractivity contribution in [3.8, 4) is 0 Å². The van der Waals surface area contributed by atoms with Crippen LogP contribution in [0.3, 0.4) is 0 Å². The van der Waals surface area contributed by atoms with Gasteiger partial charge in [0.25, 0.3) is 17.7 Å². The van der Waals surface area contributed by atoms with Gasteiger partial charge < -0.3 is 15.3 Å². The van der Waals surface area contributed by atoms with Gasteiger partial charge in [-0.2, -0.15) is 0 Å². The minimum atomic E-state index is -0.481. The van der Waals surface area contributed by atoms with E-state index in [2.05, 4.69) is 12.2 Å². The third-order valence-corrected chi connectivity index (χ3v) is 4.79. The molecule has 138 valence electrons. The number of β-amino-alcohol motifs (C(OH)–C–C–N with tert-alkyl or cyclic N) is 1. The Labute approximate surface area is 152 Å². The zero-order valence-corrected chi connectivity index (χ0v) is 14.8. The molecule has 3 rings (SSSR count). The average Bonchev–Trinajstić information content (AvgIpc) is 2.90.